The minimum atomic E-state index is -0.368. The van der Waals surface area contributed by atoms with E-state index in [4.69, 9.17) is 9.47 Å². The first-order valence-electron chi connectivity index (χ1n) is 8.45. The molecule has 1 aliphatic carbocycles. The number of benzene rings is 1. The molecule has 0 radical (unpaired) electrons. The van der Waals surface area contributed by atoms with Crippen LogP contribution in [0, 0.1) is 17.8 Å². The number of carbonyl (C=O) groups excluding carboxylic acids is 2. The van der Waals surface area contributed by atoms with Gasteiger partial charge in [-0.25, -0.2) is 0 Å². The van der Waals surface area contributed by atoms with Crippen LogP contribution in [-0.2, 0) is 25.7 Å². The lowest BCUT2D eigenvalue weighted by molar-refractivity contribution is -0.164. The molecule has 4 heteroatoms. The van der Waals surface area contributed by atoms with Crippen LogP contribution in [0.3, 0.4) is 0 Å². The molecule has 1 fully saturated rings. The highest BCUT2D eigenvalue weighted by Gasteiger charge is 2.37. The van der Waals surface area contributed by atoms with Crippen molar-refractivity contribution in [3.05, 3.63) is 35.9 Å². The molecule has 0 saturated heterocycles. The first-order valence-corrected chi connectivity index (χ1v) is 8.45. The minimum Gasteiger partial charge on any atom is -0.465 e. The standard InChI is InChI=1S/C19H26O4/c1-14(2)12-22-18(20)16-10-6-7-11-17(16)19(21)23-13-15-8-4-3-5-9-15/h3-5,8-9,14,16-17H,6-7,10-13H2,1-2H3. The van der Waals surface area contributed by atoms with Crippen LogP contribution < -0.4 is 0 Å². The minimum absolute atomic E-state index is 0.250. The van der Waals surface area contributed by atoms with E-state index >= 15 is 0 Å². The number of carbonyl (C=O) groups is 2. The van der Waals surface area contributed by atoms with Gasteiger partial charge in [-0.1, -0.05) is 57.0 Å². The molecule has 0 N–H and O–H groups in total. The normalized spacial score (nSPS) is 21.0. The Kier molecular flexibility index (Phi) is 6.63. The van der Waals surface area contributed by atoms with E-state index in [9.17, 15) is 9.59 Å². The van der Waals surface area contributed by atoms with E-state index in [0.717, 1.165) is 18.4 Å². The lowest BCUT2D eigenvalue weighted by Crippen LogP contribution is -2.35. The van der Waals surface area contributed by atoms with Gasteiger partial charge in [0.1, 0.15) is 6.61 Å². The van der Waals surface area contributed by atoms with Gasteiger partial charge in [0.2, 0.25) is 0 Å². The smallest absolute Gasteiger partial charge is 0.310 e. The van der Waals surface area contributed by atoms with Gasteiger partial charge in [0, 0.05) is 0 Å². The van der Waals surface area contributed by atoms with Crippen molar-refractivity contribution in [2.75, 3.05) is 6.61 Å². The first kappa shape index (κ1) is 17.5. The summed E-state index contributed by atoms with van der Waals surface area (Å²) in [5, 5.41) is 0. The average molecular weight is 318 g/mol. The van der Waals surface area contributed by atoms with E-state index in [1.807, 2.05) is 44.2 Å². The summed E-state index contributed by atoms with van der Waals surface area (Å²) in [5.74, 6) is -0.955. The third-order valence-electron chi connectivity index (χ3n) is 4.15. The van der Waals surface area contributed by atoms with E-state index in [-0.39, 0.29) is 30.4 Å². The maximum Gasteiger partial charge on any atom is 0.310 e. The van der Waals surface area contributed by atoms with Crippen LogP contribution >= 0.6 is 0 Å². The third kappa shape index (κ3) is 5.38. The molecule has 0 aromatic heterocycles. The highest BCUT2D eigenvalue weighted by molar-refractivity contribution is 5.82. The second-order valence-corrected chi connectivity index (χ2v) is 6.61. The van der Waals surface area contributed by atoms with Crippen molar-refractivity contribution in [1.82, 2.24) is 0 Å². The topological polar surface area (TPSA) is 52.6 Å². The molecular formula is C19H26O4. The van der Waals surface area contributed by atoms with Crippen LogP contribution in [0.15, 0.2) is 30.3 Å². The average Bonchev–Trinajstić information content (AvgIpc) is 2.58. The highest BCUT2D eigenvalue weighted by Crippen LogP contribution is 2.32. The van der Waals surface area contributed by atoms with Gasteiger partial charge >= 0.3 is 11.9 Å². The predicted octanol–water partition coefficient (Wildman–Crippen LogP) is 3.74. The van der Waals surface area contributed by atoms with Gasteiger partial charge < -0.3 is 9.47 Å². The molecule has 1 aromatic rings. The number of hydrogen-bond acceptors (Lipinski definition) is 4. The van der Waals surface area contributed by atoms with Gasteiger partial charge in [0.25, 0.3) is 0 Å². The maximum atomic E-state index is 12.4. The van der Waals surface area contributed by atoms with E-state index in [0.29, 0.717) is 25.4 Å². The summed E-state index contributed by atoms with van der Waals surface area (Å²) in [4.78, 5) is 24.7. The van der Waals surface area contributed by atoms with Gasteiger partial charge in [-0.05, 0) is 24.3 Å². The van der Waals surface area contributed by atoms with Crippen LogP contribution in [0.2, 0.25) is 0 Å². The van der Waals surface area contributed by atoms with E-state index in [1.165, 1.54) is 0 Å². The molecule has 0 bridgehead atoms. The SMILES string of the molecule is CC(C)COC(=O)C1CCCCC1C(=O)OCc1ccccc1. The Labute approximate surface area is 138 Å². The second kappa shape index (κ2) is 8.70. The first-order chi connectivity index (χ1) is 11.1. The summed E-state index contributed by atoms with van der Waals surface area (Å²) in [7, 11) is 0. The van der Waals surface area contributed by atoms with Crippen molar-refractivity contribution in [2.45, 2.75) is 46.1 Å². The Balaban J connectivity index is 1.91. The van der Waals surface area contributed by atoms with Gasteiger partial charge in [-0.15, -0.1) is 0 Å². The molecule has 1 aliphatic rings. The van der Waals surface area contributed by atoms with E-state index in [2.05, 4.69) is 0 Å². The third-order valence-corrected chi connectivity index (χ3v) is 4.15. The molecule has 0 heterocycles. The van der Waals surface area contributed by atoms with Gasteiger partial charge in [-0.2, -0.15) is 0 Å². The summed E-state index contributed by atoms with van der Waals surface area (Å²) in [5.41, 5.74) is 0.954. The molecule has 1 saturated carbocycles. The number of hydrogen-bond donors (Lipinski definition) is 0. The Bertz CT molecular complexity index is 509. The molecule has 23 heavy (non-hydrogen) atoms. The molecule has 2 atom stereocenters. The number of esters is 2. The fourth-order valence-corrected chi connectivity index (χ4v) is 2.89. The van der Waals surface area contributed by atoms with Gasteiger partial charge in [-0.3, -0.25) is 9.59 Å². The molecular weight excluding hydrogens is 292 g/mol. The van der Waals surface area contributed by atoms with E-state index < -0.39 is 0 Å². The maximum absolute atomic E-state index is 12.4. The molecule has 0 amide bonds. The molecule has 4 nitrogen and oxygen atoms in total. The van der Waals surface area contributed by atoms with Crippen LogP contribution in [0.4, 0.5) is 0 Å². The molecule has 0 spiro atoms. The zero-order valence-electron chi connectivity index (χ0n) is 14.0. The quantitative estimate of drug-likeness (QED) is 0.750. The Hall–Kier alpha value is -1.84. The fraction of sp³-hybridized carbons (Fsp3) is 0.579. The van der Waals surface area contributed by atoms with Gasteiger partial charge in [0.05, 0.1) is 18.4 Å². The summed E-state index contributed by atoms with van der Waals surface area (Å²) >= 11 is 0. The Morgan fingerprint density at radius 3 is 2.13 bits per heavy atom. The van der Waals surface area contributed by atoms with Crippen molar-refractivity contribution >= 4 is 11.9 Å². The largest absolute Gasteiger partial charge is 0.465 e. The van der Waals surface area contributed by atoms with Crippen LogP contribution in [0.1, 0.15) is 45.1 Å². The second-order valence-electron chi connectivity index (χ2n) is 6.61. The van der Waals surface area contributed by atoms with Gasteiger partial charge in [0.15, 0.2) is 0 Å². The number of ether oxygens (including phenoxy) is 2. The summed E-state index contributed by atoms with van der Waals surface area (Å²) in [6, 6.07) is 9.59. The molecule has 2 rings (SSSR count). The van der Waals surface area contributed by atoms with E-state index in [1.54, 1.807) is 0 Å². The summed E-state index contributed by atoms with van der Waals surface area (Å²) in [6.07, 6.45) is 3.33. The lowest BCUT2D eigenvalue weighted by Gasteiger charge is -2.28. The zero-order chi connectivity index (χ0) is 16.7. The van der Waals surface area contributed by atoms with Crippen LogP contribution in [-0.4, -0.2) is 18.5 Å². The lowest BCUT2D eigenvalue weighted by atomic mass is 9.79. The molecule has 2 unspecified atom stereocenters. The molecule has 126 valence electrons. The van der Waals surface area contributed by atoms with Crippen molar-refractivity contribution in [3.8, 4) is 0 Å². The molecule has 1 aromatic carbocycles. The van der Waals surface area contributed by atoms with Crippen LogP contribution in [0.5, 0.6) is 0 Å². The predicted molar refractivity (Wildman–Crippen MR) is 87.5 cm³/mol. The summed E-state index contributed by atoms with van der Waals surface area (Å²) in [6.45, 7) is 4.66. The molecule has 0 aliphatic heterocycles. The zero-order valence-corrected chi connectivity index (χ0v) is 14.0. The van der Waals surface area contributed by atoms with Crippen molar-refractivity contribution in [3.63, 3.8) is 0 Å². The van der Waals surface area contributed by atoms with Crippen molar-refractivity contribution in [1.29, 1.82) is 0 Å². The Morgan fingerprint density at radius 1 is 1.00 bits per heavy atom. The van der Waals surface area contributed by atoms with Crippen molar-refractivity contribution in [2.24, 2.45) is 17.8 Å². The Morgan fingerprint density at radius 2 is 1.57 bits per heavy atom. The number of rotatable bonds is 6. The summed E-state index contributed by atoms with van der Waals surface area (Å²) < 4.78 is 10.8. The van der Waals surface area contributed by atoms with Crippen molar-refractivity contribution < 1.29 is 19.1 Å². The monoisotopic (exact) mass is 318 g/mol. The van der Waals surface area contributed by atoms with Crippen LogP contribution in [0.25, 0.3) is 0 Å². The fourth-order valence-electron chi connectivity index (χ4n) is 2.89. The highest BCUT2D eigenvalue weighted by atomic mass is 16.5.